The van der Waals surface area contributed by atoms with Crippen molar-refractivity contribution in [3.05, 3.63) is 78.6 Å². The number of aromatic nitrogens is 1. The summed E-state index contributed by atoms with van der Waals surface area (Å²) in [7, 11) is 0. The summed E-state index contributed by atoms with van der Waals surface area (Å²) in [6, 6.07) is 22.4. The van der Waals surface area contributed by atoms with E-state index in [4.69, 9.17) is 4.74 Å². The molecular weight excluding hydrogens is 371 g/mol. The minimum absolute atomic E-state index is 0. The first-order chi connectivity index (χ1) is 12.4. The van der Waals surface area contributed by atoms with Gasteiger partial charge >= 0.3 is 51.4 Å². The largest absolute Gasteiger partial charge is 1.00 e. The van der Waals surface area contributed by atoms with Crippen LogP contribution in [0.1, 0.15) is 5.69 Å². The topological polar surface area (TPSA) is 58.5 Å². The Morgan fingerprint density at radius 2 is 1.96 bits per heavy atom. The average molecular weight is 387 g/mol. The van der Waals surface area contributed by atoms with Crippen molar-refractivity contribution in [3.63, 3.8) is 0 Å². The number of nitrogens with zero attached hydrogens (tertiary/aromatic N) is 2. The Morgan fingerprint density at radius 1 is 1.08 bits per heavy atom. The smallest absolute Gasteiger partial charge is 0.455 e. The molecule has 0 radical (unpaired) electrons. The number of guanidine groups is 1. The van der Waals surface area contributed by atoms with E-state index in [9.17, 15) is 0 Å². The maximum Gasteiger partial charge on any atom is 1.00 e. The quantitative estimate of drug-likeness (QED) is 0.402. The maximum absolute atomic E-state index is 6.01. The predicted molar refractivity (Wildman–Crippen MR) is 99.8 cm³/mol. The Bertz CT molecular complexity index is 891. The summed E-state index contributed by atoms with van der Waals surface area (Å²) < 4.78 is 9.21. The molecule has 124 valence electrons. The minimum Gasteiger partial charge on any atom is -0.455 e. The van der Waals surface area contributed by atoms with Gasteiger partial charge in [0.1, 0.15) is 5.75 Å². The SMILES string of the molecule is [K+].[c-]1cccnc1CN=C1NSc2cccc(Oc3ccccc3)c2N1. The van der Waals surface area contributed by atoms with Crippen molar-refractivity contribution in [2.75, 3.05) is 5.32 Å². The summed E-state index contributed by atoms with van der Waals surface area (Å²) in [5, 5.41) is 3.31. The van der Waals surface area contributed by atoms with Gasteiger partial charge in [0, 0.05) is 0 Å². The van der Waals surface area contributed by atoms with Gasteiger partial charge in [-0.3, -0.25) is 9.71 Å². The molecule has 5 nitrogen and oxygen atoms in total. The van der Waals surface area contributed by atoms with Crippen LogP contribution in [0.25, 0.3) is 0 Å². The van der Waals surface area contributed by atoms with Crippen LogP contribution in [0.15, 0.2) is 76.7 Å². The number of rotatable bonds is 4. The average Bonchev–Trinajstić information content (AvgIpc) is 2.68. The van der Waals surface area contributed by atoms with Crippen molar-refractivity contribution >= 4 is 23.6 Å². The number of nitrogens with one attached hydrogen (secondary N) is 2. The molecule has 2 heterocycles. The number of pyridine rings is 1. The summed E-state index contributed by atoms with van der Waals surface area (Å²) in [6.45, 7) is 0.452. The molecule has 0 saturated heterocycles. The van der Waals surface area contributed by atoms with Crippen LogP contribution < -0.4 is 66.2 Å². The van der Waals surface area contributed by atoms with E-state index in [1.807, 2.05) is 60.7 Å². The third-order valence-electron chi connectivity index (χ3n) is 3.51. The van der Waals surface area contributed by atoms with Crippen molar-refractivity contribution in [1.82, 2.24) is 9.71 Å². The summed E-state index contributed by atoms with van der Waals surface area (Å²) in [4.78, 5) is 9.81. The van der Waals surface area contributed by atoms with Crippen LogP contribution in [0.5, 0.6) is 11.5 Å². The van der Waals surface area contributed by atoms with E-state index in [0.717, 1.165) is 27.8 Å². The van der Waals surface area contributed by atoms with Gasteiger partial charge < -0.3 is 10.1 Å². The zero-order valence-corrected chi connectivity index (χ0v) is 18.2. The zero-order valence-electron chi connectivity index (χ0n) is 14.3. The number of ether oxygens (including phenoxy) is 1. The van der Waals surface area contributed by atoms with Crippen molar-refractivity contribution in [3.8, 4) is 11.5 Å². The van der Waals surface area contributed by atoms with E-state index < -0.39 is 0 Å². The summed E-state index contributed by atoms with van der Waals surface area (Å²) >= 11 is 1.50. The molecule has 0 bridgehead atoms. The molecule has 0 aliphatic carbocycles. The van der Waals surface area contributed by atoms with Crippen LogP contribution in [0.3, 0.4) is 0 Å². The first-order valence-electron chi connectivity index (χ1n) is 7.80. The predicted octanol–water partition coefficient (Wildman–Crippen LogP) is 1.26. The standard InChI is InChI=1S/C19H15N4OS.K/c1-2-8-15(9-3-1)24-16-10-6-11-17-18(16)22-19(23-25-17)21-13-14-7-4-5-12-20-14;/h1-6,8-12H,13H2,(H2,21,22,23);/q-1;+1. The van der Waals surface area contributed by atoms with Gasteiger partial charge in [-0.1, -0.05) is 30.5 Å². The van der Waals surface area contributed by atoms with Crippen molar-refractivity contribution in [1.29, 1.82) is 0 Å². The number of para-hydroxylation sites is 2. The second-order valence-corrected chi connectivity index (χ2v) is 6.11. The molecule has 2 aromatic carbocycles. The second kappa shape index (κ2) is 9.54. The molecule has 26 heavy (non-hydrogen) atoms. The Balaban J connectivity index is 0.00000196. The van der Waals surface area contributed by atoms with Crippen molar-refractivity contribution in [2.45, 2.75) is 11.4 Å². The molecule has 1 aromatic heterocycles. The van der Waals surface area contributed by atoms with Crippen LogP contribution in [-0.4, -0.2) is 10.9 Å². The van der Waals surface area contributed by atoms with Gasteiger partial charge in [0.05, 0.1) is 17.1 Å². The Kier molecular flexibility index (Phi) is 7.12. The van der Waals surface area contributed by atoms with E-state index in [0.29, 0.717) is 12.5 Å². The molecule has 1 aliphatic rings. The van der Waals surface area contributed by atoms with Gasteiger partial charge in [-0.15, -0.1) is 0 Å². The molecule has 7 heteroatoms. The van der Waals surface area contributed by atoms with E-state index >= 15 is 0 Å². The van der Waals surface area contributed by atoms with Gasteiger partial charge in [-0.2, -0.15) is 6.07 Å². The fraction of sp³-hybridized carbons (Fsp3) is 0.0526. The molecule has 0 spiro atoms. The first kappa shape index (κ1) is 19.4. The normalized spacial score (nSPS) is 13.8. The van der Waals surface area contributed by atoms with Gasteiger partial charge in [-0.25, -0.2) is 17.1 Å². The minimum atomic E-state index is 0. The molecular formula is C19H15KN4OS. The molecule has 0 saturated carbocycles. The fourth-order valence-electron chi connectivity index (χ4n) is 2.34. The van der Waals surface area contributed by atoms with Crippen LogP contribution in [-0.2, 0) is 6.54 Å². The number of hydrogen-bond acceptors (Lipinski definition) is 4. The summed E-state index contributed by atoms with van der Waals surface area (Å²) in [5.41, 5.74) is 1.70. The number of benzene rings is 2. The molecule has 0 amide bonds. The second-order valence-electron chi connectivity index (χ2n) is 5.27. The number of hydrogen-bond donors (Lipinski definition) is 2. The van der Waals surface area contributed by atoms with E-state index in [2.05, 4.69) is 26.1 Å². The molecule has 2 N–H and O–H groups in total. The first-order valence-corrected chi connectivity index (χ1v) is 8.62. The third-order valence-corrected chi connectivity index (χ3v) is 4.37. The van der Waals surface area contributed by atoms with E-state index in [-0.39, 0.29) is 51.4 Å². The molecule has 0 atom stereocenters. The molecule has 3 aromatic rings. The molecule has 0 unspecified atom stereocenters. The third kappa shape index (κ3) is 4.88. The Morgan fingerprint density at radius 3 is 2.77 bits per heavy atom. The van der Waals surface area contributed by atoms with Gasteiger partial charge in [0.2, 0.25) is 5.96 Å². The van der Waals surface area contributed by atoms with Gasteiger partial charge in [0.25, 0.3) is 0 Å². The summed E-state index contributed by atoms with van der Waals surface area (Å²) in [5.74, 6) is 2.22. The van der Waals surface area contributed by atoms with Crippen LogP contribution >= 0.6 is 11.9 Å². The Hall–Kier alpha value is -1.35. The fourth-order valence-corrected chi connectivity index (χ4v) is 3.06. The maximum atomic E-state index is 6.01. The number of aliphatic imine (C=N–C) groups is 1. The van der Waals surface area contributed by atoms with Crippen LogP contribution in [0, 0.1) is 6.07 Å². The van der Waals surface area contributed by atoms with Crippen molar-refractivity contribution in [2.24, 2.45) is 4.99 Å². The Labute approximate surface area is 199 Å². The number of fused-ring (bicyclic) bond motifs is 1. The molecule has 4 rings (SSSR count). The number of anilines is 1. The molecule has 0 fully saturated rings. The summed E-state index contributed by atoms with van der Waals surface area (Å²) in [6.07, 6.45) is 1.74. The van der Waals surface area contributed by atoms with E-state index in [1.165, 1.54) is 11.9 Å². The van der Waals surface area contributed by atoms with Crippen LogP contribution in [0.4, 0.5) is 5.69 Å². The van der Waals surface area contributed by atoms with Gasteiger partial charge in [-0.05, 0) is 41.9 Å². The zero-order chi connectivity index (χ0) is 16.9. The van der Waals surface area contributed by atoms with Crippen LogP contribution in [0.2, 0.25) is 0 Å². The van der Waals surface area contributed by atoms with Gasteiger partial charge in [0.15, 0.2) is 5.75 Å². The van der Waals surface area contributed by atoms with E-state index in [1.54, 1.807) is 6.20 Å². The molecule has 1 aliphatic heterocycles. The monoisotopic (exact) mass is 386 g/mol. The van der Waals surface area contributed by atoms with Crippen molar-refractivity contribution < 1.29 is 56.1 Å².